The van der Waals surface area contributed by atoms with Crippen LogP contribution >= 0.6 is 0 Å². The summed E-state index contributed by atoms with van der Waals surface area (Å²) in [6.45, 7) is 3.53. The summed E-state index contributed by atoms with van der Waals surface area (Å²) < 4.78 is 0. The Bertz CT molecular complexity index is 608. The molecule has 1 N–H and O–H groups in total. The Hall–Kier alpha value is -1.94. The van der Waals surface area contributed by atoms with Gasteiger partial charge in [0.05, 0.1) is 17.7 Å². The van der Waals surface area contributed by atoms with Crippen molar-refractivity contribution in [1.82, 2.24) is 9.88 Å². The number of aliphatic hydroxyl groups excluding tert-OH is 1. The number of para-hydroxylation sites is 1. The molecule has 4 nitrogen and oxygen atoms in total. The van der Waals surface area contributed by atoms with Gasteiger partial charge in [0.25, 0.3) is 5.91 Å². The van der Waals surface area contributed by atoms with Gasteiger partial charge in [0, 0.05) is 12.4 Å². The lowest BCUT2D eigenvalue weighted by molar-refractivity contribution is 0.0468. The lowest BCUT2D eigenvalue weighted by Gasteiger charge is -2.33. The number of aliphatic hydroxyl groups is 1. The molecule has 0 aliphatic rings. The first-order valence-corrected chi connectivity index (χ1v) is 6.20. The molecule has 0 bridgehead atoms. The first kappa shape index (κ1) is 13.5. The van der Waals surface area contributed by atoms with E-state index in [9.17, 15) is 9.90 Å². The van der Waals surface area contributed by atoms with E-state index < -0.39 is 5.54 Å². The molecule has 1 heterocycles. The van der Waals surface area contributed by atoms with Gasteiger partial charge in [-0.05, 0) is 26.0 Å². The van der Waals surface area contributed by atoms with Gasteiger partial charge in [-0.25, -0.2) is 4.98 Å². The maximum atomic E-state index is 12.3. The summed E-state index contributed by atoms with van der Waals surface area (Å²) >= 11 is 0. The SMILES string of the molecule is CN(C(=O)c1ccc2ccccc2n1)C(C)(C)CO. The van der Waals surface area contributed by atoms with Crippen molar-refractivity contribution in [2.24, 2.45) is 0 Å². The summed E-state index contributed by atoms with van der Waals surface area (Å²) in [6.07, 6.45) is 0. The second-order valence-corrected chi connectivity index (χ2v) is 5.22. The summed E-state index contributed by atoms with van der Waals surface area (Å²) in [5.74, 6) is -0.190. The van der Waals surface area contributed by atoms with E-state index in [2.05, 4.69) is 4.98 Å². The minimum absolute atomic E-state index is 0.0944. The van der Waals surface area contributed by atoms with Crippen LogP contribution in [0.4, 0.5) is 0 Å². The summed E-state index contributed by atoms with van der Waals surface area (Å²) in [6, 6.07) is 11.3. The molecule has 0 spiro atoms. The molecule has 1 aromatic carbocycles. The van der Waals surface area contributed by atoms with Gasteiger partial charge in [-0.1, -0.05) is 24.3 Å². The Kier molecular flexibility index (Phi) is 3.53. The normalized spacial score (nSPS) is 11.6. The predicted octanol–water partition coefficient (Wildman–Crippen LogP) is 2.08. The quantitative estimate of drug-likeness (QED) is 0.917. The van der Waals surface area contributed by atoms with Crippen LogP contribution in [0, 0.1) is 0 Å². The van der Waals surface area contributed by atoms with E-state index in [0.717, 1.165) is 10.9 Å². The third-order valence-electron chi connectivity index (χ3n) is 3.42. The van der Waals surface area contributed by atoms with Gasteiger partial charge in [-0.15, -0.1) is 0 Å². The number of pyridine rings is 1. The lowest BCUT2D eigenvalue weighted by Crippen LogP contribution is -2.47. The van der Waals surface area contributed by atoms with Gasteiger partial charge >= 0.3 is 0 Å². The highest BCUT2D eigenvalue weighted by Gasteiger charge is 2.28. The van der Waals surface area contributed by atoms with Gasteiger partial charge < -0.3 is 10.0 Å². The summed E-state index contributed by atoms with van der Waals surface area (Å²) in [5, 5.41) is 10.3. The zero-order chi connectivity index (χ0) is 14.0. The number of hydrogen-bond donors (Lipinski definition) is 1. The monoisotopic (exact) mass is 258 g/mol. The summed E-state index contributed by atoms with van der Waals surface area (Å²) in [4.78, 5) is 18.2. The second-order valence-electron chi connectivity index (χ2n) is 5.22. The largest absolute Gasteiger partial charge is 0.394 e. The maximum absolute atomic E-state index is 12.3. The molecule has 0 saturated heterocycles. The fraction of sp³-hybridized carbons (Fsp3) is 0.333. The van der Waals surface area contributed by atoms with Crippen LogP contribution in [0.15, 0.2) is 36.4 Å². The van der Waals surface area contributed by atoms with Crippen LogP contribution < -0.4 is 0 Å². The predicted molar refractivity (Wildman–Crippen MR) is 75.0 cm³/mol. The maximum Gasteiger partial charge on any atom is 0.272 e. The van der Waals surface area contributed by atoms with Crippen molar-refractivity contribution in [1.29, 1.82) is 0 Å². The number of carbonyl (C=O) groups is 1. The first-order valence-electron chi connectivity index (χ1n) is 6.20. The van der Waals surface area contributed by atoms with Crippen LogP contribution in [0.2, 0.25) is 0 Å². The molecular weight excluding hydrogens is 240 g/mol. The lowest BCUT2D eigenvalue weighted by atomic mass is 10.0. The van der Waals surface area contributed by atoms with E-state index in [4.69, 9.17) is 0 Å². The van der Waals surface area contributed by atoms with Crippen LogP contribution in [-0.2, 0) is 0 Å². The average molecular weight is 258 g/mol. The minimum Gasteiger partial charge on any atom is -0.394 e. The Balaban J connectivity index is 2.36. The van der Waals surface area contributed by atoms with Crippen molar-refractivity contribution in [2.75, 3.05) is 13.7 Å². The molecule has 0 unspecified atom stereocenters. The van der Waals surface area contributed by atoms with Crippen LogP contribution in [0.3, 0.4) is 0 Å². The molecule has 0 fully saturated rings. The van der Waals surface area contributed by atoms with Crippen molar-refractivity contribution in [3.63, 3.8) is 0 Å². The smallest absolute Gasteiger partial charge is 0.272 e. The number of fused-ring (bicyclic) bond motifs is 1. The van der Waals surface area contributed by atoms with Crippen molar-refractivity contribution < 1.29 is 9.90 Å². The van der Waals surface area contributed by atoms with Gasteiger partial charge in [0.15, 0.2) is 0 Å². The van der Waals surface area contributed by atoms with E-state index in [-0.39, 0.29) is 12.5 Å². The first-order chi connectivity index (χ1) is 8.95. The number of benzene rings is 1. The fourth-order valence-electron chi connectivity index (χ4n) is 1.74. The topological polar surface area (TPSA) is 53.4 Å². The second kappa shape index (κ2) is 4.97. The third-order valence-corrected chi connectivity index (χ3v) is 3.42. The number of amides is 1. The standard InChI is InChI=1S/C15H18N2O2/c1-15(2,10-18)17(3)14(19)13-9-8-11-6-4-5-7-12(11)16-13/h4-9,18H,10H2,1-3H3. The highest BCUT2D eigenvalue weighted by atomic mass is 16.3. The zero-order valence-electron chi connectivity index (χ0n) is 11.4. The molecule has 0 aliphatic carbocycles. The van der Waals surface area contributed by atoms with Crippen molar-refractivity contribution in [2.45, 2.75) is 19.4 Å². The molecule has 19 heavy (non-hydrogen) atoms. The van der Waals surface area contributed by atoms with Gasteiger partial charge in [0.2, 0.25) is 0 Å². The summed E-state index contributed by atoms with van der Waals surface area (Å²) in [5.41, 5.74) is 0.580. The molecule has 2 rings (SSSR count). The van der Waals surface area contributed by atoms with E-state index in [1.807, 2.05) is 44.2 Å². The van der Waals surface area contributed by atoms with E-state index in [0.29, 0.717) is 5.69 Å². The van der Waals surface area contributed by atoms with Gasteiger partial charge in [-0.2, -0.15) is 0 Å². The van der Waals surface area contributed by atoms with Crippen LogP contribution in [0.1, 0.15) is 24.3 Å². The molecular formula is C15H18N2O2. The number of hydrogen-bond acceptors (Lipinski definition) is 3. The molecule has 1 amide bonds. The molecule has 0 atom stereocenters. The van der Waals surface area contributed by atoms with Gasteiger partial charge in [0.1, 0.15) is 5.69 Å². The van der Waals surface area contributed by atoms with Crippen molar-refractivity contribution in [3.8, 4) is 0 Å². The molecule has 1 aromatic heterocycles. The molecule has 0 aliphatic heterocycles. The number of carbonyl (C=O) groups excluding carboxylic acids is 1. The number of likely N-dealkylation sites (N-methyl/N-ethyl adjacent to an activating group) is 1. The molecule has 100 valence electrons. The van der Waals surface area contributed by atoms with Crippen LogP contribution in [0.25, 0.3) is 10.9 Å². The number of nitrogens with zero attached hydrogens (tertiary/aromatic N) is 2. The molecule has 0 radical (unpaired) electrons. The average Bonchev–Trinajstić information content (AvgIpc) is 2.45. The van der Waals surface area contributed by atoms with E-state index in [1.54, 1.807) is 13.1 Å². The van der Waals surface area contributed by atoms with E-state index in [1.165, 1.54) is 4.90 Å². The fourth-order valence-corrected chi connectivity index (χ4v) is 1.74. The van der Waals surface area contributed by atoms with E-state index >= 15 is 0 Å². The minimum atomic E-state index is -0.607. The molecule has 2 aromatic rings. The molecule has 0 saturated carbocycles. The Labute approximate surface area is 112 Å². The zero-order valence-corrected chi connectivity index (χ0v) is 11.4. The highest BCUT2D eigenvalue weighted by Crippen LogP contribution is 2.17. The highest BCUT2D eigenvalue weighted by molar-refractivity contribution is 5.95. The van der Waals surface area contributed by atoms with Crippen LogP contribution in [0.5, 0.6) is 0 Å². The van der Waals surface area contributed by atoms with Crippen molar-refractivity contribution >= 4 is 16.8 Å². The Morgan fingerprint density at radius 2 is 1.95 bits per heavy atom. The Morgan fingerprint density at radius 3 is 2.63 bits per heavy atom. The molecule has 4 heteroatoms. The van der Waals surface area contributed by atoms with Gasteiger partial charge in [-0.3, -0.25) is 4.79 Å². The Morgan fingerprint density at radius 1 is 1.26 bits per heavy atom. The third kappa shape index (κ3) is 2.58. The number of aromatic nitrogens is 1. The summed E-state index contributed by atoms with van der Waals surface area (Å²) in [7, 11) is 1.68. The van der Waals surface area contributed by atoms with Crippen molar-refractivity contribution in [3.05, 3.63) is 42.1 Å². The van der Waals surface area contributed by atoms with Crippen LogP contribution in [-0.4, -0.2) is 40.1 Å². The number of rotatable bonds is 3.